The van der Waals surface area contributed by atoms with Crippen LogP contribution < -0.4 is 17.0 Å². The number of nitrogens with one attached hydrogen (secondary N) is 1. The minimum atomic E-state index is -0.264. The maximum atomic E-state index is 11.5. The minimum absolute atomic E-state index is 0.264. The van der Waals surface area contributed by atoms with Crippen LogP contribution >= 0.6 is 34.7 Å². The fourth-order valence-corrected chi connectivity index (χ4v) is 4.00. The van der Waals surface area contributed by atoms with Gasteiger partial charge in [0.1, 0.15) is 0 Å². The van der Waals surface area contributed by atoms with Gasteiger partial charge in [-0.3, -0.25) is 10.2 Å². The van der Waals surface area contributed by atoms with Crippen molar-refractivity contribution in [3.63, 3.8) is 0 Å². The lowest BCUT2D eigenvalue weighted by Crippen LogP contribution is -2.29. The summed E-state index contributed by atoms with van der Waals surface area (Å²) in [5.74, 6) is 5.61. The van der Waals surface area contributed by atoms with E-state index < -0.39 is 0 Å². The molecule has 0 aliphatic carbocycles. The van der Waals surface area contributed by atoms with Gasteiger partial charge in [0.25, 0.3) is 5.91 Å². The average molecular weight is 328 g/mol. The van der Waals surface area contributed by atoms with Gasteiger partial charge >= 0.3 is 0 Å². The number of carbonyl (C=O) groups excluding carboxylic acids is 1. The van der Waals surface area contributed by atoms with E-state index in [-0.39, 0.29) is 5.91 Å². The predicted molar refractivity (Wildman–Crippen MR) is 86.1 cm³/mol. The van der Waals surface area contributed by atoms with Crippen LogP contribution in [0.4, 0.5) is 5.69 Å². The molecule has 5 N–H and O–H groups in total. The SMILES string of the molecule is Cc1sc(C(=O)NN)cc1CSc1ccc(N)cc1Cl. The summed E-state index contributed by atoms with van der Waals surface area (Å²) in [7, 11) is 0. The molecular weight excluding hydrogens is 314 g/mol. The zero-order valence-electron chi connectivity index (χ0n) is 10.8. The maximum Gasteiger partial charge on any atom is 0.275 e. The van der Waals surface area contributed by atoms with E-state index in [1.54, 1.807) is 17.8 Å². The molecule has 1 aromatic heterocycles. The monoisotopic (exact) mass is 327 g/mol. The van der Waals surface area contributed by atoms with Gasteiger partial charge in [-0.1, -0.05) is 11.6 Å². The second kappa shape index (κ2) is 6.49. The zero-order valence-corrected chi connectivity index (χ0v) is 13.2. The summed E-state index contributed by atoms with van der Waals surface area (Å²) < 4.78 is 0. The van der Waals surface area contributed by atoms with Crippen molar-refractivity contribution in [3.8, 4) is 0 Å². The van der Waals surface area contributed by atoms with Crippen LogP contribution in [0, 0.1) is 6.92 Å². The number of carbonyl (C=O) groups is 1. The Morgan fingerprint density at radius 3 is 2.85 bits per heavy atom. The Balaban J connectivity index is 2.11. The summed E-state index contributed by atoms with van der Waals surface area (Å²) >= 11 is 9.18. The van der Waals surface area contributed by atoms with Crippen LogP contribution in [0.5, 0.6) is 0 Å². The number of hydrogen-bond donors (Lipinski definition) is 3. The van der Waals surface area contributed by atoms with Crippen LogP contribution in [-0.4, -0.2) is 5.91 Å². The van der Waals surface area contributed by atoms with Crippen molar-refractivity contribution in [2.24, 2.45) is 5.84 Å². The minimum Gasteiger partial charge on any atom is -0.399 e. The molecule has 0 spiro atoms. The number of hydrazine groups is 1. The molecule has 20 heavy (non-hydrogen) atoms. The molecule has 0 radical (unpaired) electrons. The van der Waals surface area contributed by atoms with Crippen molar-refractivity contribution in [3.05, 3.63) is 44.6 Å². The van der Waals surface area contributed by atoms with E-state index in [4.69, 9.17) is 23.2 Å². The highest BCUT2D eigenvalue weighted by Gasteiger charge is 2.12. The second-order valence-electron chi connectivity index (χ2n) is 4.14. The Hall–Kier alpha value is -1.21. The van der Waals surface area contributed by atoms with Gasteiger partial charge in [-0.15, -0.1) is 23.1 Å². The molecule has 0 saturated carbocycles. The van der Waals surface area contributed by atoms with Gasteiger partial charge in [0.05, 0.1) is 9.90 Å². The fraction of sp³-hybridized carbons (Fsp3) is 0.154. The molecule has 106 valence electrons. The second-order valence-corrected chi connectivity index (χ2v) is 6.82. The van der Waals surface area contributed by atoms with E-state index in [0.717, 1.165) is 21.1 Å². The summed E-state index contributed by atoms with van der Waals surface area (Å²) in [6.45, 7) is 1.98. The third kappa shape index (κ3) is 3.46. The van der Waals surface area contributed by atoms with Crippen LogP contribution in [0.1, 0.15) is 20.1 Å². The van der Waals surface area contributed by atoms with E-state index >= 15 is 0 Å². The number of benzene rings is 1. The summed E-state index contributed by atoms with van der Waals surface area (Å²) in [4.78, 5) is 14.2. The van der Waals surface area contributed by atoms with Gasteiger partial charge in [0.15, 0.2) is 0 Å². The molecule has 2 rings (SSSR count). The van der Waals surface area contributed by atoms with Crippen LogP contribution in [0.25, 0.3) is 0 Å². The third-order valence-electron chi connectivity index (χ3n) is 2.71. The first-order valence-electron chi connectivity index (χ1n) is 5.79. The molecule has 0 fully saturated rings. The molecule has 0 aliphatic rings. The van der Waals surface area contributed by atoms with Crippen molar-refractivity contribution in [2.45, 2.75) is 17.6 Å². The van der Waals surface area contributed by atoms with E-state index in [2.05, 4.69) is 5.43 Å². The lowest BCUT2D eigenvalue weighted by atomic mass is 10.3. The standard InChI is InChI=1S/C13H14ClN3OS2/c1-7-8(4-12(20-7)13(18)17-16)6-19-11-3-2-9(15)5-10(11)14/h2-5H,6,15-16H2,1H3,(H,17,18). The van der Waals surface area contributed by atoms with Crippen LogP contribution in [0.15, 0.2) is 29.2 Å². The number of amides is 1. The van der Waals surface area contributed by atoms with E-state index in [0.29, 0.717) is 15.6 Å². The number of hydrogen-bond acceptors (Lipinski definition) is 5. The Labute approximate surface area is 130 Å². The van der Waals surface area contributed by atoms with E-state index in [9.17, 15) is 4.79 Å². The molecule has 2 aromatic rings. The number of rotatable bonds is 4. The number of thioether (sulfide) groups is 1. The summed E-state index contributed by atoms with van der Waals surface area (Å²) in [6.07, 6.45) is 0. The first-order chi connectivity index (χ1) is 9.51. The zero-order chi connectivity index (χ0) is 14.7. The highest BCUT2D eigenvalue weighted by molar-refractivity contribution is 7.98. The first kappa shape index (κ1) is 15.2. The van der Waals surface area contributed by atoms with Crippen molar-refractivity contribution in [2.75, 3.05) is 5.73 Å². The van der Waals surface area contributed by atoms with Gasteiger partial charge in [0.2, 0.25) is 0 Å². The van der Waals surface area contributed by atoms with Gasteiger partial charge in [0, 0.05) is 21.2 Å². The lowest BCUT2D eigenvalue weighted by molar-refractivity contribution is 0.0957. The Kier molecular flexibility index (Phi) is 4.93. The van der Waals surface area contributed by atoms with Crippen molar-refractivity contribution in [1.29, 1.82) is 0 Å². The Morgan fingerprint density at radius 1 is 1.45 bits per heavy atom. The molecule has 1 amide bonds. The molecule has 0 unspecified atom stereocenters. The number of thiophene rings is 1. The highest BCUT2D eigenvalue weighted by atomic mass is 35.5. The van der Waals surface area contributed by atoms with Crippen LogP contribution in [-0.2, 0) is 5.75 Å². The largest absolute Gasteiger partial charge is 0.399 e. The summed E-state index contributed by atoms with van der Waals surface area (Å²) in [5.41, 5.74) is 9.55. The number of nitrogen functional groups attached to an aromatic ring is 2. The van der Waals surface area contributed by atoms with Gasteiger partial charge < -0.3 is 5.73 Å². The Morgan fingerprint density at radius 2 is 2.20 bits per heavy atom. The molecule has 1 aromatic carbocycles. The van der Waals surface area contributed by atoms with Gasteiger partial charge in [-0.05, 0) is 36.8 Å². The first-order valence-corrected chi connectivity index (χ1v) is 7.97. The van der Waals surface area contributed by atoms with E-state index in [1.807, 2.05) is 25.1 Å². The topological polar surface area (TPSA) is 81.1 Å². The van der Waals surface area contributed by atoms with Crippen molar-refractivity contribution in [1.82, 2.24) is 5.43 Å². The fourth-order valence-electron chi connectivity index (χ4n) is 1.64. The predicted octanol–water partition coefficient (Wildman–Crippen LogP) is 3.19. The lowest BCUT2D eigenvalue weighted by Gasteiger charge is -2.04. The molecule has 0 atom stereocenters. The maximum absolute atomic E-state index is 11.5. The Bertz CT molecular complexity index is 643. The quantitative estimate of drug-likeness (QED) is 0.265. The van der Waals surface area contributed by atoms with E-state index in [1.165, 1.54) is 11.3 Å². The number of anilines is 1. The number of nitrogens with two attached hydrogens (primary N) is 2. The van der Waals surface area contributed by atoms with Gasteiger partial charge in [-0.25, -0.2) is 5.84 Å². The smallest absolute Gasteiger partial charge is 0.275 e. The molecule has 0 saturated heterocycles. The molecule has 1 heterocycles. The number of halogens is 1. The van der Waals surface area contributed by atoms with Crippen LogP contribution in [0.2, 0.25) is 5.02 Å². The van der Waals surface area contributed by atoms with Crippen molar-refractivity contribution >= 4 is 46.3 Å². The highest BCUT2D eigenvalue weighted by Crippen LogP contribution is 2.33. The molecule has 4 nitrogen and oxygen atoms in total. The normalized spacial score (nSPS) is 10.6. The van der Waals surface area contributed by atoms with Crippen LogP contribution in [0.3, 0.4) is 0 Å². The summed E-state index contributed by atoms with van der Waals surface area (Å²) in [6, 6.07) is 7.32. The molecule has 0 bridgehead atoms. The third-order valence-corrected chi connectivity index (χ3v) is 5.35. The summed E-state index contributed by atoms with van der Waals surface area (Å²) in [5, 5.41) is 0.641. The van der Waals surface area contributed by atoms with Gasteiger partial charge in [-0.2, -0.15) is 0 Å². The molecule has 0 aliphatic heterocycles. The van der Waals surface area contributed by atoms with Crippen molar-refractivity contribution < 1.29 is 4.79 Å². The molecular formula is C13H14ClN3OS2. The molecule has 7 heteroatoms. The number of aryl methyl sites for hydroxylation is 1. The average Bonchev–Trinajstić information content (AvgIpc) is 2.78.